The van der Waals surface area contributed by atoms with Crippen LogP contribution in [0.15, 0.2) is 40.3 Å². The zero-order valence-electron chi connectivity index (χ0n) is 9.45. The van der Waals surface area contributed by atoms with Crippen LogP contribution >= 0.6 is 11.8 Å². The average Bonchev–Trinajstić information content (AvgIpc) is 2.34. The standard InChI is InChI=1S/C13H8F2N2S/c1-8-2-3-9(7-16)13(17-8)18-12-6-10(14)4-5-11(12)15/h2-6H,1H3. The molecule has 0 atom stereocenters. The van der Waals surface area contributed by atoms with Crippen molar-refractivity contribution in [1.82, 2.24) is 4.98 Å². The highest BCUT2D eigenvalue weighted by atomic mass is 32.2. The number of benzene rings is 1. The van der Waals surface area contributed by atoms with Crippen LogP contribution in [0.1, 0.15) is 11.3 Å². The van der Waals surface area contributed by atoms with Gasteiger partial charge in [-0.3, -0.25) is 0 Å². The van der Waals surface area contributed by atoms with E-state index in [1.807, 2.05) is 6.07 Å². The third kappa shape index (κ3) is 2.66. The Labute approximate surface area is 107 Å². The van der Waals surface area contributed by atoms with Gasteiger partial charge >= 0.3 is 0 Å². The summed E-state index contributed by atoms with van der Waals surface area (Å²) in [5.74, 6) is -1.06. The Morgan fingerprint density at radius 1 is 1.22 bits per heavy atom. The van der Waals surface area contributed by atoms with E-state index < -0.39 is 11.6 Å². The van der Waals surface area contributed by atoms with Crippen LogP contribution in [0.3, 0.4) is 0 Å². The number of rotatable bonds is 2. The fourth-order valence-corrected chi connectivity index (χ4v) is 2.31. The summed E-state index contributed by atoms with van der Waals surface area (Å²) in [6.45, 7) is 1.77. The normalized spacial score (nSPS) is 10.1. The van der Waals surface area contributed by atoms with E-state index in [1.165, 1.54) is 0 Å². The molecule has 0 spiro atoms. The van der Waals surface area contributed by atoms with Gasteiger partial charge in [-0.05, 0) is 37.3 Å². The monoisotopic (exact) mass is 262 g/mol. The minimum atomic E-state index is -0.534. The largest absolute Gasteiger partial charge is 0.245 e. The number of halogens is 2. The number of hydrogen-bond donors (Lipinski definition) is 0. The Hall–Kier alpha value is -1.93. The lowest BCUT2D eigenvalue weighted by Gasteiger charge is -2.05. The van der Waals surface area contributed by atoms with E-state index >= 15 is 0 Å². The van der Waals surface area contributed by atoms with Crippen molar-refractivity contribution in [2.45, 2.75) is 16.8 Å². The van der Waals surface area contributed by atoms with Crippen molar-refractivity contribution in [3.05, 3.63) is 53.2 Å². The van der Waals surface area contributed by atoms with Gasteiger partial charge in [-0.15, -0.1) is 0 Å². The number of aryl methyl sites for hydroxylation is 1. The SMILES string of the molecule is Cc1ccc(C#N)c(Sc2cc(F)ccc2F)n1. The molecule has 0 saturated heterocycles. The average molecular weight is 262 g/mol. The minimum absolute atomic E-state index is 0.115. The van der Waals surface area contributed by atoms with Crippen molar-refractivity contribution in [2.75, 3.05) is 0 Å². The second-order valence-corrected chi connectivity index (χ2v) is 4.62. The summed E-state index contributed by atoms with van der Waals surface area (Å²) in [5, 5.41) is 9.32. The molecule has 0 radical (unpaired) electrons. The molecule has 90 valence electrons. The summed E-state index contributed by atoms with van der Waals surface area (Å²) in [7, 11) is 0. The van der Waals surface area contributed by atoms with Crippen molar-refractivity contribution in [3.8, 4) is 6.07 Å². The molecule has 18 heavy (non-hydrogen) atoms. The molecule has 0 aliphatic rings. The molecule has 0 aliphatic carbocycles. The van der Waals surface area contributed by atoms with Gasteiger partial charge in [-0.2, -0.15) is 5.26 Å². The highest BCUT2D eigenvalue weighted by molar-refractivity contribution is 7.99. The van der Waals surface area contributed by atoms with Gasteiger partial charge in [0.1, 0.15) is 22.7 Å². The first-order valence-corrected chi connectivity index (χ1v) is 5.92. The molecule has 2 nitrogen and oxygen atoms in total. The fraction of sp³-hybridized carbons (Fsp3) is 0.0769. The third-order valence-electron chi connectivity index (χ3n) is 2.22. The first-order chi connectivity index (χ1) is 8.60. The zero-order chi connectivity index (χ0) is 13.1. The summed E-state index contributed by atoms with van der Waals surface area (Å²) in [5.41, 5.74) is 1.06. The lowest BCUT2D eigenvalue weighted by Crippen LogP contribution is -1.91. The highest BCUT2D eigenvalue weighted by Gasteiger charge is 2.10. The molecule has 0 unspecified atom stereocenters. The summed E-state index contributed by atoms with van der Waals surface area (Å²) in [6, 6.07) is 8.48. The molecular formula is C13H8F2N2S. The Bertz CT molecular complexity index is 635. The Morgan fingerprint density at radius 3 is 2.72 bits per heavy atom. The molecule has 1 aromatic carbocycles. The minimum Gasteiger partial charge on any atom is -0.245 e. The molecule has 0 bridgehead atoms. The number of hydrogen-bond acceptors (Lipinski definition) is 3. The predicted octanol–water partition coefficient (Wildman–Crippen LogP) is 3.69. The van der Waals surface area contributed by atoms with E-state index in [9.17, 15) is 8.78 Å². The fourth-order valence-electron chi connectivity index (χ4n) is 1.36. The molecule has 1 aromatic heterocycles. The molecule has 2 rings (SSSR count). The topological polar surface area (TPSA) is 36.7 Å². The van der Waals surface area contributed by atoms with E-state index in [-0.39, 0.29) is 4.90 Å². The van der Waals surface area contributed by atoms with Gasteiger partial charge in [0, 0.05) is 5.69 Å². The maximum atomic E-state index is 13.5. The van der Waals surface area contributed by atoms with Gasteiger partial charge in [-0.25, -0.2) is 13.8 Å². The maximum absolute atomic E-state index is 13.5. The maximum Gasteiger partial charge on any atom is 0.137 e. The zero-order valence-corrected chi connectivity index (χ0v) is 10.3. The van der Waals surface area contributed by atoms with Crippen molar-refractivity contribution in [2.24, 2.45) is 0 Å². The van der Waals surface area contributed by atoms with Gasteiger partial charge in [-0.1, -0.05) is 11.8 Å². The summed E-state index contributed by atoms with van der Waals surface area (Å²) >= 11 is 0.945. The lowest BCUT2D eigenvalue weighted by molar-refractivity contribution is 0.577. The van der Waals surface area contributed by atoms with Gasteiger partial charge in [0.25, 0.3) is 0 Å². The van der Waals surface area contributed by atoms with E-state index in [0.29, 0.717) is 16.3 Å². The van der Waals surface area contributed by atoms with E-state index in [1.54, 1.807) is 19.1 Å². The summed E-state index contributed by atoms with van der Waals surface area (Å²) < 4.78 is 26.5. The molecule has 0 fully saturated rings. The molecule has 2 aromatic rings. The second-order valence-electron chi connectivity index (χ2n) is 3.59. The van der Waals surface area contributed by atoms with Crippen LogP contribution < -0.4 is 0 Å². The molecular weight excluding hydrogens is 254 g/mol. The number of pyridine rings is 1. The summed E-state index contributed by atoms with van der Waals surface area (Å²) in [6.07, 6.45) is 0. The second kappa shape index (κ2) is 5.15. The van der Waals surface area contributed by atoms with Crippen molar-refractivity contribution < 1.29 is 8.78 Å². The van der Waals surface area contributed by atoms with Gasteiger partial charge in [0.15, 0.2) is 0 Å². The van der Waals surface area contributed by atoms with Gasteiger partial charge < -0.3 is 0 Å². The molecule has 0 N–H and O–H groups in total. The van der Waals surface area contributed by atoms with Crippen LogP contribution in [0, 0.1) is 29.9 Å². The van der Waals surface area contributed by atoms with Crippen LogP contribution in [0.5, 0.6) is 0 Å². The molecule has 0 aliphatic heterocycles. The van der Waals surface area contributed by atoms with E-state index in [2.05, 4.69) is 4.98 Å². The third-order valence-corrected chi connectivity index (χ3v) is 3.26. The number of nitrogens with zero attached hydrogens (tertiary/aromatic N) is 2. The Kier molecular flexibility index (Phi) is 3.58. The van der Waals surface area contributed by atoms with Gasteiger partial charge in [0.2, 0.25) is 0 Å². The predicted molar refractivity (Wildman–Crippen MR) is 64.2 cm³/mol. The van der Waals surface area contributed by atoms with Crippen molar-refractivity contribution in [1.29, 1.82) is 5.26 Å². The van der Waals surface area contributed by atoms with Crippen LogP contribution in [0.2, 0.25) is 0 Å². The Morgan fingerprint density at radius 2 is 2.00 bits per heavy atom. The highest BCUT2D eigenvalue weighted by Crippen LogP contribution is 2.31. The van der Waals surface area contributed by atoms with Crippen molar-refractivity contribution in [3.63, 3.8) is 0 Å². The van der Waals surface area contributed by atoms with Crippen molar-refractivity contribution >= 4 is 11.8 Å². The van der Waals surface area contributed by atoms with E-state index in [0.717, 1.165) is 30.0 Å². The van der Waals surface area contributed by atoms with Crippen LogP contribution in [0.4, 0.5) is 8.78 Å². The Balaban J connectivity index is 2.43. The first kappa shape index (κ1) is 12.5. The lowest BCUT2D eigenvalue weighted by atomic mass is 10.3. The molecule has 1 heterocycles. The molecule has 0 amide bonds. The van der Waals surface area contributed by atoms with Crippen LogP contribution in [-0.4, -0.2) is 4.98 Å². The summed E-state index contributed by atoms with van der Waals surface area (Å²) in [4.78, 5) is 4.28. The van der Waals surface area contributed by atoms with Gasteiger partial charge in [0.05, 0.1) is 10.5 Å². The first-order valence-electron chi connectivity index (χ1n) is 5.11. The number of aromatic nitrogens is 1. The quantitative estimate of drug-likeness (QED) is 0.828. The smallest absolute Gasteiger partial charge is 0.137 e. The molecule has 5 heteroatoms. The van der Waals surface area contributed by atoms with Crippen LogP contribution in [0.25, 0.3) is 0 Å². The van der Waals surface area contributed by atoms with E-state index in [4.69, 9.17) is 5.26 Å². The number of nitriles is 1. The molecule has 0 saturated carbocycles. The van der Waals surface area contributed by atoms with Crippen LogP contribution in [-0.2, 0) is 0 Å².